The predicted molar refractivity (Wildman–Crippen MR) is 138 cm³/mol. The Morgan fingerprint density at radius 3 is 2.20 bits per heavy atom. The van der Waals surface area contributed by atoms with E-state index in [1.165, 1.54) is 29.8 Å². The van der Waals surface area contributed by atoms with Crippen LogP contribution in [0.15, 0.2) is 71.6 Å². The van der Waals surface area contributed by atoms with E-state index < -0.39 is 22.5 Å². The lowest BCUT2D eigenvalue weighted by Gasteiger charge is -2.24. The van der Waals surface area contributed by atoms with Crippen LogP contribution >= 0.6 is 11.6 Å². The first-order valence-electron chi connectivity index (χ1n) is 11.2. The molecular weight excluding hydrogens is 488 g/mol. The molecule has 0 aliphatic rings. The van der Waals surface area contributed by atoms with Crippen LogP contribution in [0.25, 0.3) is 0 Å². The summed E-state index contributed by atoms with van der Waals surface area (Å²) in [5.74, 6) is 0.858. The lowest BCUT2D eigenvalue weighted by atomic mass is 10.1. The molecule has 0 heterocycles. The first-order chi connectivity index (χ1) is 16.7. The van der Waals surface area contributed by atoms with Crippen LogP contribution in [0.1, 0.15) is 18.1 Å². The molecule has 0 radical (unpaired) electrons. The smallest absolute Gasteiger partial charge is 0.264 e. The van der Waals surface area contributed by atoms with E-state index in [4.69, 9.17) is 21.1 Å². The van der Waals surface area contributed by atoms with Crippen molar-refractivity contribution in [3.63, 3.8) is 0 Å². The van der Waals surface area contributed by atoms with Gasteiger partial charge in [0.2, 0.25) is 5.91 Å². The summed E-state index contributed by atoms with van der Waals surface area (Å²) in [6, 6.07) is 18.1. The Bertz CT molecular complexity index is 1250. The highest BCUT2D eigenvalue weighted by molar-refractivity contribution is 7.92. The molecule has 1 N–H and O–H groups in total. The highest BCUT2D eigenvalue weighted by atomic mass is 35.5. The minimum atomic E-state index is -4.03. The van der Waals surface area contributed by atoms with Crippen molar-refractivity contribution in [1.82, 2.24) is 5.32 Å². The molecule has 0 fully saturated rings. The monoisotopic (exact) mass is 516 g/mol. The quantitative estimate of drug-likeness (QED) is 0.372. The zero-order valence-electron chi connectivity index (χ0n) is 20.0. The summed E-state index contributed by atoms with van der Waals surface area (Å²) in [5, 5.41) is 3.14. The third kappa shape index (κ3) is 7.13. The third-order valence-electron chi connectivity index (χ3n) is 5.30. The van der Waals surface area contributed by atoms with Gasteiger partial charge in [0.05, 0.1) is 23.7 Å². The Morgan fingerprint density at radius 1 is 0.914 bits per heavy atom. The molecule has 0 aliphatic carbocycles. The Hall–Kier alpha value is -3.23. The van der Waals surface area contributed by atoms with Crippen LogP contribution in [0.5, 0.6) is 11.5 Å². The van der Waals surface area contributed by atoms with Gasteiger partial charge in [0.25, 0.3) is 10.0 Å². The van der Waals surface area contributed by atoms with Crippen LogP contribution in [0.3, 0.4) is 0 Å². The molecule has 0 aromatic heterocycles. The molecule has 1 amide bonds. The van der Waals surface area contributed by atoms with E-state index in [-0.39, 0.29) is 18.0 Å². The Kier molecular flexibility index (Phi) is 9.01. The second-order valence-electron chi connectivity index (χ2n) is 7.84. The molecule has 0 unspecified atom stereocenters. The van der Waals surface area contributed by atoms with Gasteiger partial charge >= 0.3 is 0 Å². The summed E-state index contributed by atoms with van der Waals surface area (Å²) in [6.07, 6.45) is 0. The normalized spacial score (nSPS) is 11.1. The number of carbonyl (C=O) groups excluding carboxylic acids is 1. The number of carbonyl (C=O) groups is 1. The molecule has 0 saturated carbocycles. The largest absolute Gasteiger partial charge is 0.494 e. The number of ether oxygens (including phenoxy) is 2. The van der Waals surface area contributed by atoms with Crippen molar-refractivity contribution in [3.8, 4) is 11.5 Å². The van der Waals surface area contributed by atoms with E-state index in [0.29, 0.717) is 28.8 Å². The summed E-state index contributed by atoms with van der Waals surface area (Å²) < 4.78 is 39.0. The van der Waals surface area contributed by atoms with Crippen molar-refractivity contribution in [1.29, 1.82) is 0 Å². The van der Waals surface area contributed by atoms with Crippen molar-refractivity contribution in [2.75, 3.05) is 30.6 Å². The van der Waals surface area contributed by atoms with Crippen molar-refractivity contribution in [2.24, 2.45) is 0 Å². The van der Waals surface area contributed by atoms with Crippen LogP contribution < -0.4 is 19.1 Å². The van der Waals surface area contributed by atoms with Gasteiger partial charge in [-0.1, -0.05) is 17.7 Å². The second kappa shape index (κ2) is 12.0. The summed E-state index contributed by atoms with van der Waals surface area (Å²) in [5.41, 5.74) is 2.62. The molecule has 0 bridgehead atoms. The number of benzene rings is 3. The number of hydrogen-bond acceptors (Lipinski definition) is 5. The number of sulfonamides is 1. The van der Waals surface area contributed by atoms with E-state index in [9.17, 15) is 13.2 Å². The molecule has 0 atom stereocenters. The molecule has 186 valence electrons. The number of amides is 1. The topological polar surface area (TPSA) is 84.9 Å². The average molecular weight is 517 g/mol. The zero-order chi connectivity index (χ0) is 25.4. The van der Waals surface area contributed by atoms with Crippen LogP contribution in [0, 0.1) is 13.8 Å². The zero-order valence-corrected chi connectivity index (χ0v) is 21.5. The van der Waals surface area contributed by atoms with Gasteiger partial charge in [-0.05, 0) is 92.6 Å². The Morgan fingerprint density at radius 2 is 1.57 bits per heavy atom. The van der Waals surface area contributed by atoms with E-state index >= 15 is 0 Å². The Balaban J connectivity index is 1.71. The van der Waals surface area contributed by atoms with Gasteiger partial charge in [-0.25, -0.2) is 8.42 Å². The lowest BCUT2D eigenvalue weighted by Crippen LogP contribution is -2.41. The number of aryl methyl sites for hydroxylation is 2. The molecule has 0 spiro atoms. The number of nitrogens with one attached hydrogen (secondary N) is 1. The lowest BCUT2D eigenvalue weighted by molar-refractivity contribution is -0.119. The molecule has 0 aliphatic heterocycles. The molecule has 9 heteroatoms. The molecule has 0 saturated heterocycles. The molecule has 7 nitrogen and oxygen atoms in total. The number of rotatable bonds is 11. The maximum atomic E-state index is 13.4. The first kappa shape index (κ1) is 26.4. The van der Waals surface area contributed by atoms with Crippen molar-refractivity contribution >= 4 is 33.2 Å². The average Bonchev–Trinajstić information content (AvgIpc) is 2.83. The summed E-state index contributed by atoms with van der Waals surface area (Å²) in [4.78, 5) is 12.7. The van der Waals surface area contributed by atoms with Gasteiger partial charge in [0.15, 0.2) is 0 Å². The minimum absolute atomic E-state index is 0.0293. The van der Waals surface area contributed by atoms with E-state index in [0.717, 1.165) is 9.87 Å². The fraction of sp³-hybridized carbons (Fsp3) is 0.269. The van der Waals surface area contributed by atoms with Gasteiger partial charge in [-0.2, -0.15) is 0 Å². The fourth-order valence-corrected chi connectivity index (χ4v) is 4.82. The van der Waals surface area contributed by atoms with Crippen LogP contribution in [0.2, 0.25) is 5.02 Å². The van der Waals surface area contributed by atoms with E-state index in [1.807, 2.05) is 39.0 Å². The first-order valence-corrected chi connectivity index (χ1v) is 13.0. The maximum absolute atomic E-state index is 13.4. The standard InChI is InChI=1S/C26H29ClN2O5S/c1-4-33-23-11-8-22(9-12-23)29(35(31,32)25-13-6-21(27)7-14-25)18-26(30)28-15-16-34-24-10-5-19(2)20(3)17-24/h5-14,17H,4,15-16,18H2,1-3H3,(H,28,30). The molecular formula is C26H29ClN2O5S. The second-order valence-corrected chi connectivity index (χ2v) is 10.1. The summed E-state index contributed by atoms with van der Waals surface area (Å²) in [6.45, 7) is 6.44. The minimum Gasteiger partial charge on any atom is -0.494 e. The summed E-state index contributed by atoms with van der Waals surface area (Å²) in [7, 11) is -4.03. The van der Waals surface area contributed by atoms with Crippen molar-refractivity contribution < 1.29 is 22.7 Å². The van der Waals surface area contributed by atoms with Gasteiger partial charge in [0, 0.05) is 5.02 Å². The van der Waals surface area contributed by atoms with Crippen molar-refractivity contribution in [3.05, 3.63) is 82.9 Å². The van der Waals surface area contributed by atoms with Crippen LogP contribution in [0.4, 0.5) is 5.69 Å². The third-order valence-corrected chi connectivity index (χ3v) is 7.34. The van der Waals surface area contributed by atoms with E-state index in [1.54, 1.807) is 24.3 Å². The highest BCUT2D eigenvalue weighted by Gasteiger charge is 2.27. The van der Waals surface area contributed by atoms with Crippen LogP contribution in [-0.4, -0.2) is 40.6 Å². The van der Waals surface area contributed by atoms with Gasteiger partial charge in [-0.15, -0.1) is 0 Å². The molecule has 35 heavy (non-hydrogen) atoms. The SMILES string of the molecule is CCOc1ccc(N(CC(=O)NCCOc2ccc(C)c(C)c2)S(=O)(=O)c2ccc(Cl)cc2)cc1. The maximum Gasteiger partial charge on any atom is 0.264 e. The number of halogens is 1. The molecule has 3 aromatic carbocycles. The number of hydrogen-bond donors (Lipinski definition) is 1. The molecule has 3 rings (SSSR count). The van der Waals surface area contributed by atoms with Gasteiger partial charge < -0.3 is 14.8 Å². The van der Waals surface area contributed by atoms with E-state index in [2.05, 4.69) is 5.32 Å². The molecule has 3 aromatic rings. The van der Waals surface area contributed by atoms with Crippen molar-refractivity contribution in [2.45, 2.75) is 25.7 Å². The van der Waals surface area contributed by atoms with Gasteiger partial charge in [0.1, 0.15) is 24.7 Å². The highest BCUT2D eigenvalue weighted by Crippen LogP contribution is 2.26. The number of nitrogens with zero attached hydrogens (tertiary/aromatic N) is 1. The van der Waals surface area contributed by atoms with Gasteiger partial charge in [-0.3, -0.25) is 9.10 Å². The predicted octanol–water partition coefficient (Wildman–Crippen LogP) is 4.75. The Labute approximate surface area is 211 Å². The van der Waals surface area contributed by atoms with Crippen LogP contribution in [-0.2, 0) is 14.8 Å². The number of anilines is 1. The fourth-order valence-electron chi connectivity index (χ4n) is 3.27. The summed E-state index contributed by atoms with van der Waals surface area (Å²) >= 11 is 5.92.